The summed E-state index contributed by atoms with van der Waals surface area (Å²) >= 11 is 0. The molecule has 0 fully saturated rings. The van der Waals surface area contributed by atoms with E-state index in [0.29, 0.717) is 12.2 Å². The van der Waals surface area contributed by atoms with Crippen LogP contribution in [0.3, 0.4) is 0 Å². The lowest BCUT2D eigenvalue weighted by molar-refractivity contribution is 0.594. The molecule has 1 heterocycles. The summed E-state index contributed by atoms with van der Waals surface area (Å²) in [5.74, 6) is -0.908. The van der Waals surface area contributed by atoms with Crippen molar-refractivity contribution in [3.8, 4) is 0 Å². The maximum absolute atomic E-state index is 13.5. The van der Waals surface area contributed by atoms with Gasteiger partial charge in [0.15, 0.2) is 0 Å². The Bertz CT molecular complexity index is 515. The van der Waals surface area contributed by atoms with Gasteiger partial charge in [-0.1, -0.05) is 0 Å². The van der Waals surface area contributed by atoms with Gasteiger partial charge in [-0.3, -0.25) is 0 Å². The molecule has 0 aliphatic rings. The molecule has 5 heteroatoms. The molecule has 17 heavy (non-hydrogen) atoms. The number of benzene rings is 1. The smallest absolute Gasteiger partial charge is 0.146 e. The zero-order valence-corrected chi connectivity index (χ0v) is 9.24. The summed E-state index contributed by atoms with van der Waals surface area (Å²) in [5.41, 5.74) is 1.13. The van der Waals surface area contributed by atoms with Gasteiger partial charge in [0, 0.05) is 12.3 Å². The predicted molar refractivity (Wildman–Crippen MR) is 60.5 cm³/mol. The van der Waals surface area contributed by atoms with Crippen LogP contribution in [0.5, 0.6) is 0 Å². The second-order valence-electron chi connectivity index (χ2n) is 3.64. The summed E-state index contributed by atoms with van der Waals surface area (Å²) in [6.45, 7) is 1.84. The number of aromatic nitrogens is 2. The van der Waals surface area contributed by atoms with E-state index in [-0.39, 0.29) is 11.3 Å². The lowest BCUT2D eigenvalue weighted by atomic mass is 10.2. The first kappa shape index (κ1) is 11.4. The quantitative estimate of drug-likeness (QED) is 0.888. The van der Waals surface area contributed by atoms with Crippen LogP contribution < -0.4 is 5.32 Å². The Balaban J connectivity index is 2.12. The van der Waals surface area contributed by atoms with Gasteiger partial charge in [-0.25, -0.2) is 18.7 Å². The Kier molecular flexibility index (Phi) is 3.27. The fourth-order valence-corrected chi connectivity index (χ4v) is 1.39. The maximum Gasteiger partial charge on any atom is 0.146 e. The standard InChI is InChI=1S/C12H11F2N3/c1-8-4-11(14)12(5-10(8)13)16-6-9-2-3-15-7-17-9/h2-5,7,16H,6H2,1H3. The highest BCUT2D eigenvalue weighted by molar-refractivity contribution is 5.47. The molecule has 0 aliphatic carbocycles. The molecule has 0 unspecified atom stereocenters. The van der Waals surface area contributed by atoms with Crippen molar-refractivity contribution in [3.63, 3.8) is 0 Å². The molecule has 2 aromatic rings. The summed E-state index contributed by atoms with van der Waals surface area (Å²) in [6, 6.07) is 4.01. The number of rotatable bonds is 3. The van der Waals surface area contributed by atoms with Crippen LogP contribution in [-0.2, 0) is 6.54 Å². The lowest BCUT2D eigenvalue weighted by Crippen LogP contribution is -2.04. The average Bonchev–Trinajstić information content (AvgIpc) is 2.33. The minimum Gasteiger partial charge on any atom is -0.377 e. The molecule has 1 N–H and O–H groups in total. The summed E-state index contributed by atoms with van der Waals surface area (Å²) in [7, 11) is 0. The molecule has 0 spiro atoms. The third-order valence-electron chi connectivity index (χ3n) is 2.35. The zero-order valence-electron chi connectivity index (χ0n) is 9.24. The molecule has 0 saturated heterocycles. The average molecular weight is 235 g/mol. The van der Waals surface area contributed by atoms with E-state index in [1.165, 1.54) is 13.3 Å². The van der Waals surface area contributed by atoms with Gasteiger partial charge < -0.3 is 5.32 Å². The van der Waals surface area contributed by atoms with Crippen LogP contribution in [0.2, 0.25) is 0 Å². The lowest BCUT2D eigenvalue weighted by Gasteiger charge is -2.08. The minimum absolute atomic E-state index is 0.131. The molecule has 2 rings (SSSR count). The summed E-state index contributed by atoms with van der Waals surface area (Å²) < 4.78 is 26.7. The van der Waals surface area contributed by atoms with Crippen molar-refractivity contribution in [2.45, 2.75) is 13.5 Å². The molecule has 1 aromatic heterocycles. The van der Waals surface area contributed by atoms with Crippen molar-refractivity contribution >= 4 is 5.69 Å². The van der Waals surface area contributed by atoms with Gasteiger partial charge in [0.25, 0.3) is 0 Å². The predicted octanol–water partition coefficient (Wildman–Crippen LogP) is 2.68. The van der Waals surface area contributed by atoms with Crippen molar-refractivity contribution in [2.75, 3.05) is 5.32 Å². The minimum atomic E-state index is -0.474. The molecule has 0 atom stereocenters. The zero-order chi connectivity index (χ0) is 12.3. The highest BCUT2D eigenvalue weighted by atomic mass is 19.1. The Morgan fingerprint density at radius 3 is 2.76 bits per heavy atom. The first-order valence-corrected chi connectivity index (χ1v) is 5.11. The van der Waals surface area contributed by atoms with Gasteiger partial charge in [0.2, 0.25) is 0 Å². The maximum atomic E-state index is 13.5. The van der Waals surface area contributed by atoms with Gasteiger partial charge in [0.1, 0.15) is 18.0 Å². The van der Waals surface area contributed by atoms with Crippen LogP contribution in [0.15, 0.2) is 30.7 Å². The summed E-state index contributed by atoms with van der Waals surface area (Å²) in [4.78, 5) is 7.74. The number of aryl methyl sites for hydroxylation is 1. The molecule has 0 saturated carbocycles. The van der Waals surface area contributed by atoms with Crippen LogP contribution in [0.25, 0.3) is 0 Å². The topological polar surface area (TPSA) is 37.8 Å². The van der Waals surface area contributed by atoms with Gasteiger partial charge in [-0.05, 0) is 24.6 Å². The van der Waals surface area contributed by atoms with E-state index in [2.05, 4.69) is 15.3 Å². The molecule has 1 aromatic carbocycles. The van der Waals surface area contributed by atoms with Gasteiger partial charge in [-0.2, -0.15) is 0 Å². The number of anilines is 1. The molecule has 0 amide bonds. The van der Waals surface area contributed by atoms with E-state index in [0.717, 1.165) is 12.1 Å². The number of hydrogen-bond donors (Lipinski definition) is 1. The van der Waals surface area contributed by atoms with E-state index < -0.39 is 11.6 Å². The second kappa shape index (κ2) is 4.86. The first-order valence-electron chi connectivity index (χ1n) is 5.11. The summed E-state index contributed by atoms with van der Waals surface area (Å²) in [5, 5.41) is 2.79. The largest absolute Gasteiger partial charge is 0.377 e. The van der Waals surface area contributed by atoms with Crippen molar-refractivity contribution in [3.05, 3.63) is 53.6 Å². The normalized spacial score (nSPS) is 10.3. The molecule has 88 valence electrons. The van der Waals surface area contributed by atoms with Gasteiger partial charge in [0.05, 0.1) is 17.9 Å². The Hall–Kier alpha value is -2.04. The first-order chi connectivity index (χ1) is 8.16. The third-order valence-corrected chi connectivity index (χ3v) is 2.35. The number of halogens is 2. The van der Waals surface area contributed by atoms with Crippen LogP contribution >= 0.6 is 0 Å². The van der Waals surface area contributed by atoms with E-state index in [1.54, 1.807) is 12.3 Å². The van der Waals surface area contributed by atoms with Crippen molar-refractivity contribution in [1.29, 1.82) is 0 Å². The molecular formula is C12H11F2N3. The fraction of sp³-hybridized carbons (Fsp3) is 0.167. The van der Waals surface area contributed by atoms with Gasteiger partial charge >= 0.3 is 0 Å². The van der Waals surface area contributed by atoms with E-state index >= 15 is 0 Å². The Morgan fingerprint density at radius 1 is 1.24 bits per heavy atom. The van der Waals surface area contributed by atoms with Gasteiger partial charge in [-0.15, -0.1) is 0 Å². The van der Waals surface area contributed by atoms with Crippen LogP contribution in [0.4, 0.5) is 14.5 Å². The van der Waals surface area contributed by atoms with Crippen molar-refractivity contribution in [2.24, 2.45) is 0 Å². The van der Waals surface area contributed by atoms with Crippen LogP contribution in [-0.4, -0.2) is 9.97 Å². The number of hydrogen-bond acceptors (Lipinski definition) is 3. The van der Waals surface area contributed by atoms with Crippen LogP contribution in [0.1, 0.15) is 11.3 Å². The van der Waals surface area contributed by atoms with Crippen molar-refractivity contribution in [1.82, 2.24) is 9.97 Å². The number of nitrogens with one attached hydrogen (secondary N) is 1. The highest BCUT2D eigenvalue weighted by Gasteiger charge is 2.06. The second-order valence-corrected chi connectivity index (χ2v) is 3.64. The van der Waals surface area contributed by atoms with E-state index in [9.17, 15) is 8.78 Å². The molecule has 0 bridgehead atoms. The molecule has 0 aliphatic heterocycles. The molecule has 3 nitrogen and oxygen atoms in total. The van der Waals surface area contributed by atoms with Crippen molar-refractivity contribution < 1.29 is 8.78 Å². The Morgan fingerprint density at radius 2 is 2.06 bits per heavy atom. The monoisotopic (exact) mass is 235 g/mol. The molecular weight excluding hydrogens is 224 g/mol. The van der Waals surface area contributed by atoms with E-state index in [4.69, 9.17) is 0 Å². The Labute approximate surface area is 97.5 Å². The SMILES string of the molecule is Cc1cc(F)c(NCc2ccncn2)cc1F. The third kappa shape index (κ3) is 2.75. The van der Waals surface area contributed by atoms with E-state index in [1.807, 2.05) is 0 Å². The fourth-order valence-electron chi connectivity index (χ4n) is 1.39. The summed E-state index contributed by atoms with van der Waals surface area (Å²) in [6.07, 6.45) is 3.00. The molecule has 0 radical (unpaired) electrons. The number of nitrogens with zero attached hydrogens (tertiary/aromatic N) is 2. The highest BCUT2D eigenvalue weighted by Crippen LogP contribution is 2.19. The van der Waals surface area contributed by atoms with Crippen LogP contribution in [0, 0.1) is 18.6 Å².